The van der Waals surface area contributed by atoms with Gasteiger partial charge >= 0.3 is 0 Å². The molecular formula is C49H48Br5N15O9. The van der Waals surface area contributed by atoms with Crippen LogP contribution in [0.15, 0.2) is 108 Å². The van der Waals surface area contributed by atoms with Crippen molar-refractivity contribution < 1.29 is 43.0 Å². The van der Waals surface area contributed by atoms with Gasteiger partial charge in [0.1, 0.15) is 18.4 Å². The lowest BCUT2D eigenvalue weighted by molar-refractivity contribution is -0.124. The van der Waals surface area contributed by atoms with Gasteiger partial charge in [-0.05, 0) is 104 Å². The number of anilines is 8. The average Bonchev–Trinajstić information content (AvgIpc) is 3.38. The standard InChI is InChI=1S/C23H25N5O5.C14H13BrN4O2.C8H7Br2N3O2.C4H3Br2N3/c1-13(29)25-16-8-6-7-15(9-16)18-12-24-22(26-14(2)30)23(28-18)27-17-10-19(31-3)21(33-5)20(11-17)32-4;1-8(20)17-11-5-3-4-10(6-11)12-7-16-14(13(15)19-12)18-9(2)21;1-4(14)13(5(2)15)8-7(10)12-6(9)3-11-8;5-2-1-8-4(7)3(6)9-2/h6-12H,1-5H3,(H,25,29)(H,27,28)(H,24,26,30);3-7H,1-2H3,(H,17,20)(H,16,18,21);3H,1-2H3;1H,(H2,7,8). The molecule has 7 aromatic rings. The van der Waals surface area contributed by atoms with Gasteiger partial charge in [0, 0.05) is 81.9 Å². The number of nitrogen functional groups attached to an aromatic ring is 1. The minimum absolute atomic E-state index is 0.138. The number of ether oxygens (including phenoxy) is 3. The van der Waals surface area contributed by atoms with Gasteiger partial charge in [0.05, 0.1) is 57.5 Å². The molecule has 0 aliphatic carbocycles. The van der Waals surface area contributed by atoms with Crippen molar-refractivity contribution in [2.45, 2.75) is 41.5 Å². The van der Waals surface area contributed by atoms with Crippen LogP contribution in [0.5, 0.6) is 17.2 Å². The lowest BCUT2D eigenvalue weighted by atomic mass is 10.1. The van der Waals surface area contributed by atoms with Crippen molar-refractivity contribution in [2.75, 3.05) is 58.5 Å². The van der Waals surface area contributed by atoms with E-state index in [-0.39, 0.29) is 35.3 Å². The quantitative estimate of drug-likeness (QED) is 0.0662. The molecule has 3 aromatic carbocycles. The summed E-state index contributed by atoms with van der Waals surface area (Å²) in [6.07, 6.45) is 6.06. The number of aromatic nitrogens is 8. The maximum atomic E-state index is 11.7. The van der Waals surface area contributed by atoms with E-state index in [2.05, 4.69) is 146 Å². The highest BCUT2D eigenvalue weighted by Gasteiger charge is 2.22. The summed E-state index contributed by atoms with van der Waals surface area (Å²) >= 11 is 15.8. The van der Waals surface area contributed by atoms with E-state index in [0.717, 1.165) is 16.0 Å². The van der Waals surface area contributed by atoms with Gasteiger partial charge in [-0.15, -0.1) is 0 Å². The summed E-state index contributed by atoms with van der Waals surface area (Å²) in [6.45, 7) is 8.25. The summed E-state index contributed by atoms with van der Waals surface area (Å²) in [7, 11) is 4.56. The number of nitrogens with two attached hydrogens (primary N) is 1. The van der Waals surface area contributed by atoms with Gasteiger partial charge in [0.25, 0.3) is 0 Å². The van der Waals surface area contributed by atoms with Crippen LogP contribution in [0.1, 0.15) is 41.5 Å². The van der Waals surface area contributed by atoms with E-state index >= 15 is 0 Å². The minimum atomic E-state index is -0.403. The molecule has 408 valence electrons. The molecule has 7 N–H and O–H groups in total. The molecule has 78 heavy (non-hydrogen) atoms. The Morgan fingerprint density at radius 3 is 1.37 bits per heavy atom. The molecule has 0 aliphatic rings. The smallest absolute Gasteiger partial charge is 0.231 e. The molecule has 0 fully saturated rings. The van der Waals surface area contributed by atoms with E-state index in [0.29, 0.717) is 86.2 Å². The van der Waals surface area contributed by atoms with E-state index in [4.69, 9.17) is 19.9 Å². The predicted octanol–water partition coefficient (Wildman–Crippen LogP) is 10.1. The number of halogens is 5. The van der Waals surface area contributed by atoms with Crippen LogP contribution in [0.25, 0.3) is 22.5 Å². The summed E-state index contributed by atoms with van der Waals surface area (Å²) in [5, 5.41) is 13.9. The summed E-state index contributed by atoms with van der Waals surface area (Å²) < 4.78 is 18.7. The first kappa shape index (κ1) is 62.9. The molecule has 4 aromatic heterocycles. The van der Waals surface area contributed by atoms with Crippen LogP contribution in [0, 0.1) is 0 Å². The normalized spacial score (nSPS) is 10.0. The van der Waals surface area contributed by atoms with E-state index in [1.165, 1.54) is 69.1 Å². The Hall–Kier alpha value is -7.60. The van der Waals surface area contributed by atoms with Gasteiger partial charge in [-0.3, -0.25) is 28.8 Å². The van der Waals surface area contributed by atoms with Crippen molar-refractivity contribution >= 4 is 161 Å². The van der Waals surface area contributed by atoms with Crippen LogP contribution in [0.4, 0.5) is 46.2 Å². The fourth-order valence-electron chi connectivity index (χ4n) is 6.21. The molecule has 4 heterocycles. The van der Waals surface area contributed by atoms with E-state index < -0.39 is 11.8 Å². The third kappa shape index (κ3) is 19.4. The summed E-state index contributed by atoms with van der Waals surface area (Å²) in [6, 6.07) is 17.9. The molecule has 0 saturated heterocycles. The second kappa shape index (κ2) is 30.4. The molecule has 0 atom stereocenters. The minimum Gasteiger partial charge on any atom is -0.493 e. The van der Waals surface area contributed by atoms with Gasteiger partial charge in [-0.25, -0.2) is 44.8 Å². The molecule has 0 aliphatic heterocycles. The van der Waals surface area contributed by atoms with Crippen LogP contribution >= 0.6 is 79.6 Å². The maximum absolute atomic E-state index is 11.7. The summed E-state index contributed by atoms with van der Waals surface area (Å²) in [5.41, 5.74) is 9.94. The fourth-order valence-corrected chi connectivity index (χ4v) is 8.40. The number of amides is 6. The SMILES string of the molecule is CC(=O)N(C(C)=O)c1ncc(Br)nc1Br.CC(=O)Nc1cccc(-c2cnc(NC(C)=O)c(Br)n2)c1.COc1cc(Nc2nc(-c3cccc(NC(C)=O)c3)cnc2NC(C)=O)cc(OC)c1OC.Nc1ncc(Br)nc1Br. The molecule has 29 heteroatoms. The zero-order chi connectivity index (χ0) is 57.8. The molecule has 6 amide bonds. The Bertz CT molecular complexity index is 3300. The Kier molecular flexibility index (Phi) is 24.5. The number of nitrogens with one attached hydrogen (secondary N) is 5. The third-order valence-corrected chi connectivity index (χ3v) is 11.7. The fraction of sp³-hybridized carbons (Fsp3) is 0.184. The molecule has 0 radical (unpaired) electrons. The summed E-state index contributed by atoms with van der Waals surface area (Å²) in [4.78, 5) is 102. The Labute approximate surface area is 489 Å². The van der Waals surface area contributed by atoms with Gasteiger partial charge in [-0.1, -0.05) is 24.3 Å². The van der Waals surface area contributed by atoms with Gasteiger partial charge < -0.3 is 46.5 Å². The zero-order valence-electron chi connectivity index (χ0n) is 42.7. The highest BCUT2D eigenvalue weighted by molar-refractivity contribution is 9.11. The van der Waals surface area contributed by atoms with Crippen LogP contribution in [0.2, 0.25) is 0 Å². The van der Waals surface area contributed by atoms with Crippen LogP contribution in [-0.2, 0) is 28.8 Å². The van der Waals surface area contributed by atoms with Crippen LogP contribution in [0.3, 0.4) is 0 Å². The average molecular weight is 1390 g/mol. The van der Waals surface area contributed by atoms with Crippen LogP contribution < -0.4 is 51.4 Å². The Morgan fingerprint density at radius 2 is 0.949 bits per heavy atom. The van der Waals surface area contributed by atoms with Crippen molar-refractivity contribution in [3.8, 4) is 39.8 Å². The first-order chi connectivity index (χ1) is 36.9. The third-order valence-electron chi connectivity index (χ3n) is 9.23. The highest BCUT2D eigenvalue weighted by Crippen LogP contribution is 2.41. The Balaban J connectivity index is 0.000000248. The number of carbonyl (C=O) groups is 6. The van der Waals surface area contributed by atoms with Crippen molar-refractivity contribution in [2.24, 2.45) is 0 Å². The second-order valence-electron chi connectivity index (χ2n) is 15.3. The van der Waals surface area contributed by atoms with E-state index in [1.54, 1.807) is 61.1 Å². The van der Waals surface area contributed by atoms with Crippen molar-refractivity contribution in [1.82, 2.24) is 39.9 Å². The first-order valence-corrected chi connectivity index (χ1v) is 26.1. The van der Waals surface area contributed by atoms with Gasteiger partial charge in [0.2, 0.25) is 41.2 Å². The van der Waals surface area contributed by atoms with Gasteiger partial charge in [-0.2, -0.15) is 0 Å². The molecule has 24 nitrogen and oxygen atoms in total. The number of methoxy groups -OCH3 is 3. The number of hydrogen-bond acceptors (Lipinski definition) is 19. The summed E-state index contributed by atoms with van der Waals surface area (Å²) in [5.74, 6) is 1.23. The van der Waals surface area contributed by atoms with E-state index in [9.17, 15) is 28.8 Å². The topological polar surface area (TPSA) is 323 Å². The highest BCUT2D eigenvalue weighted by atomic mass is 79.9. The molecule has 0 unspecified atom stereocenters. The van der Waals surface area contributed by atoms with Crippen molar-refractivity contribution in [3.05, 3.63) is 108 Å². The monoisotopic (exact) mass is 1380 g/mol. The molecule has 0 saturated carbocycles. The predicted molar refractivity (Wildman–Crippen MR) is 312 cm³/mol. The Morgan fingerprint density at radius 1 is 0.487 bits per heavy atom. The number of hydrogen-bond donors (Lipinski definition) is 6. The first-order valence-electron chi connectivity index (χ1n) is 22.1. The number of benzene rings is 3. The number of nitrogens with zero attached hydrogens (tertiary/aromatic N) is 9. The molecule has 7 rings (SSSR count). The van der Waals surface area contributed by atoms with Crippen LogP contribution in [-0.4, -0.2) is 96.6 Å². The lowest BCUT2D eigenvalue weighted by Crippen LogP contribution is -2.34. The number of imide groups is 1. The van der Waals surface area contributed by atoms with E-state index in [1.807, 2.05) is 18.2 Å². The zero-order valence-corrected chi connectivity index (χ0v) is 50.7. The number of carbonyl (C=O) groups excluding carboxylic acids is 6. The lowest BCUT2D eigenvalue weighted by Gasteiger charge is -2.16. The van der Waals surface area contributed by atoms with Crippen molar-refractivity contribution in [1.29, 1.82) is 0 Å². The maximum Gasteiger partial charge on any atom is 0.231 e. The largest absolute Gasteiger partial charge is 0.493 e. The molecule has 0 bridgehead atoms. The molecular weight excluding hydrogens is 1340 g/mol. The van der Waals surface area contributed by atoms with Gasteiger partial charge in [0.15, 0.2) is 45.2 Å². The number of rotatable bonds is 12. The second-order valence-corrected chi connectivity index (χ2v) is 19.2. The molecule has 0 spiro atoms. The van der Waals surface area contributed by atoms with Crippen molar-refractivity contribution in [3.63, 3.8) is 0 Å².